The van der Waals surface area contributed by atoms with Crippen molar-refractivity contribution >= 4 is 16.8 Å². The number of benzene rings is 1. The third-order valence-electron chi connectivity index (χ3n) is 5.74. The van der Waals surface area contributed by atoms with Crippen LogP contribution >= 0.6 is 0 Å². The molecule has 1 aromatic carbocycles. The molecule has 2 aliphatic rings. The lowest BCUT2D eigenvalue weighted by atomic mass is 10.0. The van der Waals surface area contributed by atoms with E-state index >= 15 is 0 Å². The number of carbonyl (C=O) groups excluding carboxylic acids is 1. The molecule has 0 radical (unpaired) electrons. The molecule has 0 aliphatic carbocycles. The first kappa shape index (κ1) is 14.8. The molecule has 3 heterocycles. The van der Waals surface area contributed by atoms with E-state index < -0.39 is 0 Å². The summed E-state index contributed by atoms with van der Waals surface area (Å²) in [6.07, 6.45) is 6.79. The largest absolute Gasteiger partial charge is 0.351 e. The highest BCUT2D eigenvalue weighted by atomic mass is 16.2. The molecule has 2 saturated heterocycles. The first-order valence-corrected chi connectivity index (χ1v) is 8.72. The Kier molecular flexibility index (Phi) is 3.64. The van der Waals surface area contributed by atoms with Crippen molar-refractivity contribution in [2.45, 2.75) is 37.8 Å². The minimum atomic E-state index is 0.213. The molecule has 0 bridgehead atoms. The van der Waals surface area contributed by atoms with Crippen LogP contribution in [0.15, 0.2) is 30.5 Å². The fourth-order valence-corrected chi connectivity index (χ4v) is 4.51. The molecule has 122 valence electrons. The van der Waals surface area contributed by atoms with Crippen molar-refractivity contribution < 1.29 is 4.79 Å². The Bertz CT molecular complexity index is 735. The molecule has 4 nitrogen and oxygen atoms in total. The molecule has 0 spiro atoms. The molecule has 0 N–H and O–H groups in total. The van der Waals surface area contributed by atoms with Gasteiger partial charge >= 0.3 is 0 Å². The van der Waals surface area contributed by atoms with E-state index in [9.17, 15) is 4.79 Å². The third-order valence-corrected chi connectivity index (χ3v) is 5.74. The van der Waals surface area contributed by atoms with Gasteiger partial charge in [-0.2, -0.15) is 0 Å². The number of fused-ring (bicyclic) bond motifs is 1. The monoisotopic (exact) mass is 311 g/mol. The van der Waals surface area contributed by atoms with Gasteiger partial charge in [0.15, 0.2) is 0 Å². The smallest absolute Gasteiger partial charge is 0.254 e. The second kappa shape index (κ2) is 5.68. The molecule has 23 heavy (non-hydrogen) atoms. The number of likely N-dealkylation sites (tertiary alicyclic amines) is 2. The van der Waals surface area contributed by atoms with E-state index in [2.05, 4.69) is 33.5 Å². The number of likely N-dealkylation sites (N-methyl/N-ethyl adjacent to an activating group) is 1. The summed E-state index contributed by atoms with van der Waals surface area (Å²) in [5, 5.41) is 1.07. The maximum Gasteiger partial charge on any atom is 0.254 e. The van der Waals surface area contributed by atoms with Crippen LogP contribution in [0.1, 0.15) is 36.0 Å². The van der Waals surface area contributed by atoms with Crippen LogP contribution in [-0.2, 0) is 7.05 Å². The van der Waals surface area contributed by atoms with Gasteiger partial charge in [0, 0.05) is 48.3 Å². The number of aromatic nitrogens is 1. The lowest BCUT2D eigenvalue weighted by molar-refractivity contribution is 0.0666. The summed E-state index contributed by atoms with van der Waals surface area (Å²) < 4.78 is 2.08. The lowest BCUT2D eigenvalue weighted by Crippen LogP contribution is -2.47. The Morgan fingerprint density at radius 3 is 2.61 bits per heavy atom. The molecule has 2 atom stereocenters. The van der Waals surface area contributed by atoms with E-state index in [1.165, 1.54) is 12.8 Å². The number of carbonyl (C=O) groups is 1. The van der Waals surface area contributed by atoms with Crippen molar-refractivity contribution in [3.63, 3.8) is 0 Å². The molecule has 4 rings (SSSR count). The van der Waals surface area contributed by atoms with E-state index in [1.54, 1.807) is 0 Å². The van der Waals surface area contributed by atoms with E-state index in [4.69, 9.17) is 0 Å². The normalized spacial score (nSPS) is 25.6. The number of rotatable bonds is 2. The predicted molar refractivity (Wildman–Crippen MR) is 92.6 cm³/mol. The second-order valence-corrected chi connectivity index (χ2v) is 7.06. The standard InChI is InChI=1S/C19H25N3O/c1-20-11-4-8-17(20)18-9-5-12-22(18)19(23)15-6-3-7-16-14(15)10-13-21(16)2/h3,6-7,10,13,17-18H,4-5,8-9,11-12H2,1-2H3/t17-,18-/m1/s1. The van der Waals surface area contributed by atoms with E-state index in [-0.39, 0.29) is 5.91 Å². The molecule has 1 amide bonds. The van der Waals surface area contributed by atoms with Crippen LogP contribution in [0.3, 0.4) is 0 Å². The number of aryl methyl sites for hydroxylation is 1. The van der Waals surface area contributed by atoms with Gasteiger partial charge in [-0.1, -0.05) is 6.07 Å². The highest BCUT2D eigenvalue weighted by Crippen LogP contribution is 2.31. The van der Waals surface area contributed by atoms with E-state index in [0.717, 1.165) is 42.4 Å². The van der Waals surface area contributed by atoms with Crippen LogP contribution in [0.5, 0.6) is 0 Å². The van der Waals surface area contributed by atoms with Crippen molar-refractivity contribution in [2.24, 2.45) is 7.05 Å². The van der Waals surface area contributed by atoms with E-state index in [0.29, 0.717) is 12.1 Å². The maximum atomic E-state index is 13.2. The van der Waals surface area contributed by atoms with Gasteiger partial charge in [-0.25, -0.2) is 0 Å². The van der Waals surface area contributed by atoms with Crippen LogP contribution in [-0.4, -0.2) is 52.5 Å². The van der Waals surface area contributed by atoms with Crippen molar-refractivity contribution in [2.75, 3.05) is 20.1 Å². The fourth-order valence-electron chi connectivity index (χ4n) is 4.51. The van der Waals surface area contributed by atoms with Crippen molar-refractivity contribution in [3.05, 3.63) is 36.0 Å². The van der Waals surface area contributed by atoms with Gasteiger partial charge < -0.3 is 14.4 Å². The Morgan fingerprint density at radius 1 is 1.04 bits per heavy atom. The summed E-state index contributed by atoms with van der Waals surface area (Å²) in [4.78, 5) is 17.8. The molecular weight excluding hydrogens is 286 g/mol. The van der Waals surface area contributed by atoms with Crippen LogP contribution in [0, 0.1) is 0 Å². The third kappa shape index (κ3) is 2.36. The fraction of sp³-hybridized carbons (Fsp3) is 0.526. The summed E-state index contributed by atoms with van der Waals surface area (Å²) in [5.74, 6) is 0.213. The second-order valence-electron chi connectivity index (χ2n) is 7.06. The predicted octanol–water partition coefficient (Wildman–Crippen LogP) is 2.88. The molecule has 2 aromatic rings. The molecule has 0 saturated carbocycles. The molecule has 1 aromatic heterocycles. The summed E-state index contributed by atoms with van der Waals surface area (Å²) in [5.41, 5.74) is 1.99. The Hall–Kier alpha value is -1.81. The average molecular weight is 311 g/mol. The molecule has 0 unspecified atom stereocenters. The number of hydrogen-bond acceptors (Lipinski definition) is 2. The molecule has 4 heteroatoms. The molecule has 2 fully saturated rings. The Labute approximate surface area is 137 Å². The zero-order chi connectivity index (χ0) is 16.0. The lowest BCUT2D eigenvalue weighted by Gasteiger charge is -2.33. The minimum Gasteiger partial charge on any atom is -0.351 e. The van der Waals surface area contributed by atoms with Gasteiger partial charge in [-0.3, -0.25) is 4.79 Å². The van der Waals surface area contributed by atoms with Crippen molar-refractivity contribution in [3.8, 4) is 0 Å². The zero-order valence-electron chi connectivity index (χ0n) is 14.0. The Morgan fingerprint density at radius 2 is 1.83 bits per heavy atom. The summed E-state index contributed by atoms with van der Waals surface area (Å²) >= 11 is 0. The SMILES string of the molecule is CN1CCC[C@@H]1[C@H]1CCCN1C(=O)c1cccc2c1ccn2C. The summed E-state index contributed by atoms with van der Waals surface area (Å²) in [6.45, 7) is 2.06. The molecule has 2 aliphatic heterocycles. The number of hydrogen-bond donors (Lipinski definition) is 0. The van der Waals surface area contributed by atoms with E-state index in [1.807, 2.05) is 25.4 Å². The number of nitrogens with zero attached hydrogens (tertiary/aromatic N) is 3. The average Bonchev–Trinajstić information content (AvgIpc) is 3.26. The summed E-state index contributed by atoms with van der Waals surface area (Å²) in [7, 11) is 4.24. The first-order valence-electron chi connectivity index (χ1n) is 8.72. The van der Waals surface area contributed by atoms with Crippen LogP contribution in [0.2, 0.25) is 0 Å². The zero-order valence-corrected chi connectivity index (χ0v) is 14.0. The first-order chi connectivity index (χ1) is 11.2. The van der Waals surface area contributed by atoms with Gasteiger partial charge in [0.2, 0.25) is 0 Å². The maximum absolute atomic E-state index is 13.2. The van der Waals surface area contributed by atoms with Gasteiger partial charge in [0.1, 0.15) is 0 Å². The van der Waals surface area contributed by atoms with Crippen molar-refractivity contribution in [1.29, 1.82) is 0 Å². The highest BCUT2D eigenvalue weighted by molar-refractivity contribution is 6.06. The van der Waals surface area contributed by atoms with Gasteiger partial charge in [-0.15, -0.1) is 0 Å². The molecular formula is C19H25N3O. The van der Waals surface area contributed by atoms with Gasteiger partial charge in [0.25, 0.3) is 5.91 Å². The number of amides is 1. The highest BCUT2D eigenvalue weighted by Gasteiger charge is 2.38. The van der Waals surface area contributed by atoms with Crippen LogP contribution < -0.4 is 0 Å². The van der Waals surface area contributed by atoms with Gasteiger partial charge in [-0.05, 0) is 57.5 Å². The van der Waals surface area contributed by atoms with Gasteiger partial charge in [0.05, 0.1) is 0 Å². The van der Waals surface area contributed by atoms with Crippen molar-refractivity contribution in [1.82, 2.24) is 14.4 Å². The summed E-state index contributed by atoms with van der Waals surface area (Å²) in [6, 6.07) is 9.06. The van der Waals surface area contributed by atoms with Crippen LogP contribution in [0.4, 0.5) is 0 Å². The topological polar surface area (TPSA) is 28.5 Å². The Balaban J connectivity index is 1.67. The van der Waals surface area contributed by atoms with Crippen LogP contribution in [0.25, 0.3) is 10.9 Å². The quantitative estimate of drug-likeness (QED) is 0.853. The minimum absolute atomic E-state index is 0.213.